The summed E-state index contributed by atoms with van der Waals surface area (Å²) in [6.07, 6.45) is 1.56. The maximum Gasteiger partial charge on any atom is 0.276 e. The number of amidine groups is 1. The first-order valence-corrected chi connectivity index (χ1v) is 9.66. The molecule has 0 bridgehead atoms. The van der Waals surface area contributed by atoms with Crippen LogP contribution < -0.4 is 15.9 Å². The summed E-state index contributed by atoms with van der Waals surface area (Å²) in [5, 5.41) is 11.3. The van der Waals surface area contributed by atoms with Gasteiger partial charge in [-0.3, -0.25) is 15.1 Å². The van der Waals surface area contributed by atoms with Gasteiger partial charge in [0.2, 0.25) is 0 Å². The van der Waals surface area contributed by atoms with Gasteiger partial charge in [-0.2, -0.15) is 0 Å². The molecule has 0 saturated heterocycles. The Labute approximate surface area is 148 Å². The molecule has 3 heterocycles. The highest BCUT2D eigenvalue weighted by Crippen LogP contribution is 2.35. The van der Waals surface area contributed by atoms with Gasteiger partial charge in [0.1, 0.15) is 5.70 Å². The molecule has 0 fully saturated rings. The van der Waals surface area contributed by atoms with Crippen LogP contribution in [0.4, 0.5) is 0 Å². The monoisotopic (exact) mass is 406 g/mol. The van der Waals surface area contributed by atoms with E-state index < -0.39 is 0 Å². The number of amides is 1. The second-order valence-corrected chi connectivity index (χ2v) is 8.21. The average molecular weight is 407 g/mol. The number of para-hydroxylation sites is 1. The lowest BCUT2D eigenvalue weighted by Gasteiger charge is -2.33. The number of thioether (sulfide) groups is 1. The number of carbonyl (C=O) groups is 1. The third kappa shape index (κ3) is 2.50. The second kappa shape index (κ2) is 5.77. The Kier molecular flexibility index (Phi) is 3.74. The van der Waals surface area contributed by atoms with Crippen molar-refractivity contribution in [2.24, 2.45) is 10.1 Å². The zero-order chi connectivity index (χ0) is 16.0. The minimum absolute atomic E-state index is 0.146. The average Bonchev–Trinajstić information content (AvgIpc) is 2.99. The summed E-state index contributed by atoms with van der Waals surface area (Å²) in [6, 6.07) is 11.7. The third-order valence-electron chi connectivity index (χ3n) is 3.56. The van der Waals surface area contributed by atoms with Crippen molar-refractivity contribution in [2.75, 3.05) is 6.26 Å². The SMILES string of the molecule is CSC1=NN2C(=c3ccccc3=NC2c2ccc(Br)s2)C(=O)N1. The Balaban J connectivity index is 1.99. The van der Waals surface area contributed by atoms with E-state index in [0.29, 0.717) is 10.9 Å². The fourth-order valence-electron chi connectivity index (χ4n) is 2.57. The van der Waals surface area contributed by atoms with E-state index in [1.165, 1.54) is 11.8 Å². The molecule has 2 aliphatic heterocycles. The first kappa shape index (κ1) is 14.9. The van der Waals surface area contributed by atoms with Crippen LogP contribution in [0.25, 0.3) is 5.70 Å². The Morgan fingerprint density at radius 3 is 2.87 bits per heavy atom. The molecule has 1 aromatic carbocycles. The molecule has 1 atom stereocenters. The van der Waals surface area contributed by atoms with E-state index in [1.54, 1.807) is 16.3 Å². The quantitative estimate of drug-likeness (QED) is 0.787. The zero-order valence-electron chi connectivity index (χ0n) is 12.0. The van der Waals surface area contributed by atoms with Crippen molar-refractivity contribution in [2.45, 2.75) is 6.17 Å². The van der Waals surface area contributed by atoms with Crippen molar-refractivity contribution in [1.29, 1.82) is 0 Å². The molecule has 0 aliphatic carbocycles. The predicted molar refractivity (Wildman–Crippen MR) is 96.3 cm³/mol. The van der Waals surface area contributed by atoms with E-state index in [4.69, 9.17) is 4.99 Å². The van der Waals surface area contributed by atoms with Crippen molar-refractivity contribution in [1.82, 2.24) is 10.3 Å². The van der Waals surface area contributed by atoms with Crippen LogP contribution in [0.5, 0.6) is 0 Å². The van der Waals surface area contributed by atoms with Crippen LogP contribution in [0.1, 0.15) is 11.0 Å². The van der Waals surface area contributed by atoms with Crippen molar-refractivity contribution in [3.8, 4) is 0 Å². The standard InChI is InChI=1S/C15H11BrN4OS2/c1-22-15-18-14(21)12-8-4-2-3-5-9(8)17-13(20(12)19-15)10-6-7-11(16)23-10/h2-7,13H,1H3,(H,18,19,21). The summed E-state index contributed by atoms with van der Waals surface area (Å²) >= 11 is 6.49. The highest BCUT2D eigenvalue weighted by molar-refractivity contribution is 9.11. The summed E-state index contributed by atoms with van der Waals surface area (Å²) in [6.45, 7) is 0. The number of hydrogen-bond acceptors (Lipinski definition) is 6. The van der Waals surface area contributed by atoms with E-state index in [-0.39, 0.29) is 12.1 Å². The van der Waals surface area contributed by atoms with Crippen molar-refractivity contribution in [3.05, 3.63) is 55.6 Å². The van der Waals surface area contributed by atoms with Gasteiger partial charge in [-0.15, -0.1) is 16.4 Å². The van der Waals surface area contributed by atoms with Crippen LogP contribution >= 0.6 is 39.0 Å². The molecule has 23 heavy (non-hydrogen) atoms. The smallest absolute Gasteiger partial charge is 0.276 e. The van der Waals surface area contributed by atoms with E-state index in [2.05, 4.69) is 26.3 Å². The molecule has 0 spiro atoms. The number of nitrogens with zero attached hydrogens (tertiary/aromatic N) is 3. The Morgan fingerprint density at radius 1 is 1.30 bits per heavy atom. The number of fused-ring (bicyclic) bond motifs is 2. The predicted octanol–water partition coefficient (Wildman–Crippen LogP) is 2.02. The number of hydrazone groups is 1. The molecule has 1 aromatic heterocycles. The van der Waals surface area contributed by atoms with Gasteiger partial charge in [0.05, 0.1) is 14.0 Å². The molecule has 1 amide bonds. The number of benzene rings is 1. The molecule has 2 aromatic rings. The van der Waals surface area contributed by atoms with E-state index in [0.717, 1.165) is 19.2 Å². The molecule has 116 valence electrons. The number of nitrogens with one attached hydrogen (secondary N) is 1. The third-order valence-corrected chi connectivity index (χ3v) is 5.79. The molecule has 4 rings (SSSR count). The van der Waals surface area contributed by atoms with Gasteiger partial charge in [-0.05, 0) is 40.4 Å². The first-order valence-electron chi connectivity index (χ1n) is 6.83. The van der Waals surface area contributed by atoms with Crippen molar-refractivity contribution < 1.29 is 4.79 Å². The molecular formula is C15H11BrN4OS2. The minimum Gasteiger partial charge on any atom is -0.298 e. The zero-order valence-corrected chi connectivity index (χ0v) is 15.2. The van der Waals surface area contributed by atoms with Crippen molar-refractivity contribution in [3.63, 3.8) is 0 Å². The van der Waals surface area contributed by atoms with Crippen LogP contribution in [0, 0.1) is 0 Å². The molecule has 8 heteroatoms. The largest absolute Gasteiger partial charge is 0.298 e. The molecule has 0 radical (unpaired) electrons. The minimum atomic E-state index is -0.329. The van der Waals surface area contributed by atoms with Gasteiger partial charge in [0.15, 0.2) is 11.3 Å². The molecule has 1 N–H and O–H groups in total. The van der Waals surface area contributed by atoms with Gasteiger partial charge in [0, 0.05) is 5.22 Å². The highest BCUT2D eigenvalue weighted by atomic mass is 79.9. The lowest BCUT2D eigenvalue weighted by molar-refractivity contribution is -0.116. The number of thiophene rings is 1. The summed E-state index contributed by atoms with van der Waals surface area (Å²) in [7, 11) is 0. The van der Waals surface area contributed by atoms with Crippen LogP contribution in [-0.4, -0.2) is 22.3 Å². The fourth-order valence-corrected chi connectivity index (χ4v) is 4.38. The van der Waals surface area contributed by atoms with Gasteiger partial charge >= 0.3 is 0 Å². The number of carbonyl (C=O) groups excluding carboxylic acids is 1. The van der Waals surface area contributed by atoms with E-state index >= 15 is 0 Å². The Morgan fingerprint density at radius 2 is 2.13 bits per heavy atom. The highest BCUT2D eigenvalue weighted by Gasteiger charge is 2.34. The molecule has 5 nitrogen and oxygen atoms in total. The maximum atomic E-state index is 12.6. The number of halogens is 1. The van der Waals surface area contributed by atoms with E-state index in [9.17, 15) is 4.79 Å². The normalized spacial score (nSPS) is 19.5. The van der Waals surface area contributed by atoms with Gasteiger partial charge in [0.25, 0.3) is 5.91 Å². The topological polar surface area (TPSA) is 57.1 Å². The van der Waals surface area contributed by atoms with Crippen LogP contribution in [0.15, 0.2) is 50.3 Å². The summed E-state index contributed by atoms with van der Waals surface area (Å²) in [5.41, 5.74) is 0.544. The molecule has 1 unspecified atom stereocenters. The van der Waals surface area contributed by atoms with Gasteiger partial charge in [-0.1, -0.05) is 30.0 Å². The Bertz CT molecular complexity index is 952. The lowest BCUT2D eigenvalue weighted by Crippen LogP contribution is -2.50. The molecule has 2 aliphatic rings. The second-order valence-electron chi connectivity index (χ2n) is 4.92. The lowest BCUT2D eigenvalue weighted by atomic mass is 10.1. The van der Waals surface area contributed by atoms with Gasteiger partial charge in [-0.25, -0.2) is 5.01 Å². The summed E-state index contributed by atoms with van der Waals surface area (Å²) in [4.78, 5) is 18.5. The molecule has 0 saturated carbocycles. The van der Waals surface area contributed by atoms with Crippen LogP contribution in [-0.2, 0) is 4.79 Å². The van der Waals surface area contributed by atoms with Crippen LogP contribution in [0.3, 0.4) is 0 Å². The van der Waals surface area contributed by atoms with Crippen LogP contribution in [0.2, 0.25) is 0 Å². The Hall–Kier alpha value is -1.64. The van der Waals surface area contributed by atoms with Gasteiger partial charge < -0.3 is 0 Å². The molecular weight excluding hydrogens is 396 g/mol. The number of hydrogen-bond donors (Lipinski definition) is 1. The summed E-state index contributed by atoms with van der Waals surface area (Å²) in [5.74, 6) is -0.146. The van der Waals surface area contributed by atoms with E-state index in [1.807, 2.05) is 42.7 Å². The summed E-state index contributed by atoms with van der Waals surface area (Å²) < 4.78 is 1.03. The first-order chi connectivity index (χ1) is 11.2. The fraction of sp³-hybridized carbons (Fsp3) is 0.133. The number of rotatable bonds is 1. The van der Waals surface area contributed by atoms with Crippen molar-refractivity contribution >= 4 is 55.8 Å². The maximum absolute atomic E-state index is 12.6.